The van der Waals surface area contributed by atoms with Crippen molar-refractivity contribution in [1.82, 2.24) is 4.57 Å². The number of hydrogen-bond acceptors (Lipinski definition) is 2. The van der Waals surface area contributed by atoms with Gasteiger partial charge in [0.05, 0.1) is 11.0 Å². The Balaban J connectivity index is 1.06. The molecule has 0 saturated carbocycles. The van der Waals surface area contributed by atoms with Crippen LogP contribution in [0.15, 0.2) is 194 Å². The van der Waals surface area contributed by atoms with Crippen molar-refractivity contribution in [2.75, 3.05) is 4.90 Å². The van der Waals surface area contributed by atoms with Crippen LogP contribution in [0, 0.1) is 0 Å². The van der Waals surface area contributed by atoms with E-state index in [1.807, 2.05) is 11.3 Å². The Morgan fingerprint density at radius 1 is 0.358 bits per heavy atom. The van der Waals surface area contributed by atoms with Crippen LogP contribution in [0.25, 0.3) is 80.3 Å². The SMILES string of the molecule is c1ccc(-n2c3cc(-c4ccc(N(c5ccc6ccccc6c5)c5ccc6c(c5)sc5ccccc56)cc4)ccc3c3ccc4ccccc4c32)cc1. The van der Waals surface area contributed by atoms with E-state index in [-0.39, 0.29) is 0 Å². The molecule has 2 nitrogen and oxygen atoms in total. The van der Waals surface area contributed by atoms with Gasteiger partial charge in [-0.25, -0.2) is 0 Å². The minimum absolute atomic E-state index is 1.12. The number of nitrogens with zero attached hydrogens (tertiary/aromatic N) is 2. The second kappa shape index (κ2) is 11.9. The smallest absolute Gasteiger partial charge is 0.0619 e. The molecule has 9 aromatic carbocycles. The molecule has 2 aromatic heterocycles. The van der Waals surface area contributed by atoms with Crippen LogP contribution >= 0.6 is 11.3 Å². The third-order valence-electron chi connectivity index (χ3n) is 10.7. The fourth-order valence-electron chi connectivity index (χ4n) is 8.22. The maximum absolute atomic E-state index is 2.44. The molecule has 53 heavy (non-hydrogen) atoms. The minimum Gasteiger partial charge on any atom is -0.310 e. The van der Waals surface area contributed by atoms with Gasteiger partial charge in [0.25, 0.3) is 0 Å². The fourth-order valence-corrected chi connectivity index (χ4v) is 9.36. The van der Waals surface area contributed by atoms with Gasteiger partial charge in [-0.3, -0.25) is 0 Å². The Morgan fingerprint density at radius 3 is 1.83 bits per heavy atom. The summed E-state index contributed by atoms with van der Waals surface area (Å²) in [5.41, 5.74) is 9.40. The van der Waals surface area contributed by atoms with Crippen LogP contribution in [0.4, 0.5) is 17.1 Å². The molecule has 0 N–H and O–H groups in total. The summed E-state index contributed by atoms with van der Waals surface area (Å²) in [7, 11) is 0. The van der Waals surface area contributed by atoms with Gasteiger partial charge in [-0.05, 0) is 87.9 Å². The zero-order valence-electron chi connectivity index (χ0n) is 28.8. The summed E-state index contributed by atoms with van der Waals surface area (Å²) in [4.78, 5) is 2.39. The maximum atomic E-state index is 2.44. The predicted octanol–water partition coefficient (Wildman–Crippen LogP) is 14.6. The Morgan fingerprint density at radius 2 is 0.962 bits per heavy atom. The summed E-state index contributed by atoms with van der Waals surface area (Å²) in [6.07, 6.45) is 0. The number of para-hydroxylation sites is 1. The number of aromatic nitrogens is 1. The molecule has 0 atom stereocenters. The topological polar surface area (TPSA) is 8.17 Å². The Labute approximate surface area is 311 Å². The summed E-state index contributed by atoms with van der Waals surface area (Å²) < 4.78 is 5.05. The molecular weight excluding hydrogens is 661 g/mol. The maximum Gasteiger partial charge on any atom is 0.0619 e. The van der Waals surface area contributed by atoms with E-state index < -0.39 is 0 Å². The zero-order chi connectivity index (χ0) is 34.9. The number of benzene rings is 9. The third kappa shape index (κ3) is 4.86. The highest BCUT2D eigenvalue weighted by Crippen LogP contribution is 2.43. The minimum atomic E-state index is 1.12. The average Bonchev–Trinajstić information content (AvgIpc) is 3.77. The van der Waals surface area contributed by atoms with E-state index in [0.29, 0.717) is 0 Å². The van der Waals surface area contributed by atoms with Crippen LogP contribution in [0.2, 0.25) is 0 Å². The van der Waals surface area contributed by atoms with Crippen molar-refractivity contribution in [3.8, 4) is 16.8 Å². The number of thiophene rings is 1. The van der Waals surface area contributed by atoms with Gasteiger partial charge in [0.2, 0.25) is 0 Å². The first kappa shape index (κ1) is 30.0. The Hall–Kier alpha value is -6.68. The molecule has 248 valence electrons. The molecule has 0 bridgehead atoms. The van der Waals surface area contributed by atoms with E-state index in [1.54, 1.807) is 0 Å². The molecule has 0 amide bonds. The second-order valence-corrected chi connectivity index (χ2v) is 14.9. The molecule has 0 aliphatic rings. The molecule has 0 spiro atoms. The van der Waals surface area contributed by atoms with E-state index in [4.69, 9.17) is 0 Å². The quantitative estimate of drug-likeness (QED) is 0.174. The summed E-state index contributed by atoms with van der Waals surface area (Å²) in [5.74, 6) is 0. The first-order valence-electron chi connectivity index (χ1n) is 18.1. The van der Waals surface area contributed by atoms with Gasteiger partial charge in [-0.15, -0.1) is 11.3 Å². The zero-order valence-corrected chi connectivity index (χ0v) is 29.6. The van der Waals surface area contributed by atoms with Crippen molar-refractivity contribution >= 4 is 91.9 Å². The van der Waals surface area contributed by atoms with Crippen LogP contribution in [-0.4, -0.2) is 4.57 Å². The molecule has 0 unspecified atom stereocenters. The van der Waals surface area contributed by atoms with Crippen molar-refractivity contribution < 1.29 is 0 Å². The summed E-state index contributed by atoms with van der Waals surface area (Å²) in [6, 6.07) is 71.0. The van der Waals surface area contributed by atoms with Crippen LogP contribution < -0.4 is 4.90 Å². The molecule has 11 aromatic rings. The van der Waals surface area contributed by atoms with E-state index >= 15 is 0 Å². The van der Waals surface area contributed by atoms with Gasteiger partial charge >= 0.3 is 0 Å². The van der Waals surface area contributed by atoms with E-state index in [2.05, 4.69) is 204 Å². The molecule has 0 radical (unpaired) electrons. The largest absolute Gasteiger partial charge is 0.310 e. The van der Waals surface area contributed by atoms with Gasteiger partial charge < -0.3 is 9.47 Å². The number of rotatable bonds is 5. The lowest BCUT2D eigenvalue weighted by Crippen LogP contribution is -2.09. The molecule has 0 aliphatic carbocycles. The highest BCUT2D eigenvalue weighted by Gasteiger charge is 2.18. The summed E-state index contributed by atoms with van der Waals surface area (Å²) in [6.45, 7) is 0. The summed E-state index contributed by atoms with van der Waals surface area (Å²) >= 11 is 1.86. The van der Waals surface area contributed by atoms with Crippen molar-refractivity contribution in [2.24, 2.45) is 0 Å². The lowest BCUT2D eigenvalue weighted by atomic mass is 10.0. The van der Waals surface area contributed by atoms with Gasteiger partial charge in [0.1, 0.15) is 0 Å². The van der Waals surface area contributed by atoms with Gasteiger partial charge in [0, 0.05) is 59.1 Å². The normalized spacial score (nSPS) is 11.8. The van der Waals surface area contributed by atoms with E-state index in [9.17, 15) is 0 Å². The molecular formula is C50H32N2S. The van der Waals surface area contributed by atoms with Gasteiger partial charge in [-0.1, -0.05) is 133 Å². The highest BCUT2D eigenvalue weighted by atomic mass is 32.1. The molecule has 2 heterocycles. The van der Waals surface area contributed by atoms with Crippen molar-refractivity contribution in [3.05, 3.63) is 194 Å². The molecule has 0 saturated heterocycles. The first-order valence-corrected chi connectivity index (χ1v) is 18.9. The number of hydrogen-bond donors (Lipinski definition) is 0. The summed E-state index contributed by atoms with van der Waals surface area (Å²) in [5, 5.41) is 10.1. The van der Waals surface area contributed by atoms with Gasteiger partial charge in [0.15, 0.2) is 0 Å². The molecule has 3 heteroatoms. The Kier molecular flexibility index (Phi) is 6.76. The predicted molar refractivity (Wildman–Crippen MR) is 229 cm³/mol. The molecule has 0 aliphatic heterocycles. The first-order chi connectivity index (χ1) is 26.3. The van der Waals surface area contributed by atoms with Crippen molar-refractivity contribution in [3.63, 3.8) is 0 Å². The molecule has 0 fully saturated rings. The van der Waals surface area contributed by atoms with Gasteiger partial charge in [-0.2, -0.15) is 0 Å². The third-order valence-corrected chi connectivity index (χ3v) is 11.9. The second-order valence-electron chi connectivity index (χ2n) is 13.8. The van der Waals surface area contributed by atoms with E-state index in [1.165, 1.54) is 74.6 Å². The lowest BCUT2D eigenvalue weighted by molar-refractivity contribution is 1.19. The molecule has 11 rings (SSSR count). The standard InChI is InChI=1S/C50H32N2S/c1-2-13-38(14-3-1)52-47-31-37(22-27-43(47)46-28-21-35-11-6-7-15-42(35)50(46)52)34-18-23-39(24-19-34)51(40-25-20-33-10-4-5-12-36(33)30-40)41-26-29-45-44-16-8-9-17-48(44)53-49(45)32-41/h1-32H. The fraction of sp³-hybridized carbons (Fsp3) is 0. The van der Waals surface area contributed by atoms with Crippen LogP contribution in [0.3, 0.4) is 0 Å². The highest BCUT2D eigenvalue weighted by molar-refractivity contribution is 7.25. The van der Waals surface area contributed by atoms with E-state index in [0.717, 1.165) is 22.7 Å². The lowest BCUT2D eigenvalue weighted by Gasteiger charge is -2.26. The average molecular weight is 693 g/mol. The Bertz CT molecular complexity index is 3170. The van der Waals surface area contributed by atoms with Crippen LogP contribution in [-0.2, 0) is 0 Å². The van der Waals surface area contributed by atoms with Crippen LogP contribution in [0.1, 0.15) is 0 Å². The number of anilines is 3. The van der Waals surface area contributed by atoms with Crippen molar-refractivity contribution in [2.45, 2.75) is 0 Å². The van der Waals surface area contributed by atoms with Crippen LogP contribution in [0.5, 0.6) is 0 Å². The van der Waals surface area contributed by atoms with Crippen molar-refractivity contribution in [1.29, 1.82) is 0 Å². The monoisotopic (exact) mass is 692 g/mol. The number of fused-ring (bicyclic) bond motifs is 9.